The number of benzene rings is 1. The highest BCUT2D eigenvalue weighted by molar-refractivity contribution is 7.85. The molecule has 0 fully saturated rings. The molecule has 0 radical (unpaired) electrons. The summed E-state index contributed by atoms with van der Waals surface area (Å²) in [4.78, 5) is 0.815. The molecule has 1 aromatic rings. The highest BCUT2D eigenvalue weighted by atomic mass is 32.2. The lowest BCUT2D eigenvalue weighted by molar-refractivity contribution is 0.164. The molecule has 0 spiro atoms. The Morgan fingerprint density at radius 3 is 2.87 bits per heavy atom. The lowest BCUT2D eigenvalue weighted by atomic mass is 10.2. The molecular formula is C11H17NO2S. The number of ether oxygens (including phenoxy) is 1. The first-order chi connectivity index (χ1) is 7.16. The molecule has 0 heterocycles. The standard InChI is InChI=1S/C11H17NO2S/c1-3-14-7-8-15(13)11-6-4-5-10(12)9(11)2/h4-6H,3,7-8,12H2,1-2H3. The Hall–Kier alpha value is -0.870. The fourth-order valence-electron chi connectivity index (χ4n) is 1.27. The SMILES string of the molecule is CCOCCS(=O)c1cccc(N)c1C. The minimum Gasteiger partial charge on any atom is -0.398 e. The maximum atomic E-state index is 11.9. The molecule has 1 unspecified atom stereocenters. The van der Waals surface area contributed by atoms with Crippen LogP contribution in [0.2, 0.25) is 0 Å². The molecule has 0 aromatic heterocycles. The van der Waals surface area contributed by atoms with E-state index < -0.39 is 10.8 Å². The maximum Gasteiger partial charge on any atom is 0.0585 e. The van der Waals surface area contributed by atoms with Crippen LogP contribution in [0.5, 0.6) is 0 Å². The van der Waals surface area contributed by atoms with Crippen molar-refractivity contribution in [2.24, 2.45) is 0 Å². The van der Waals surface area contributed by atoms with Gasteiger partial charge in [0.1, 0.15) is 0 Å². The normalized spacial score (nSPS) is 12.7. The Labute approximate surface area is 93.1 Å². The van der Waals surface area contributed by atoms with Crippen molar-refractivity contribution in [3.63, 3.8) is 0 Å². The first-order valence-corrected chi connectivity index (χ1v) is 6.30. The van der Waals surface area contributed by atoms with Crippen molar-refractivity contribution in [3.05, 3.63) is 23.8 Å². The molecule has 2 N–H and O–H groups in total. The Balaban J connectivity index is 2.69. The number of nitrogen functional groups attached to an aromatic ring is 1. The topological polar surface area (TPSA) is 52.3 Å². The highest BCUT2D eigenvalue weighted by Gasteiger charge is 2.08. The molecule has 0 aliphatic carbocycles. The second-order valence-corrected chi connectivity index (χ2v) is 4.76. The Bertz CT molecular complexity index is 352. The van der Waals surface area contributed by atoms with Crippen molar-refractivity contribution in [2.45, 2.75) is 18.7 Å². The molecule has 0 amide bonds. The summed E-state index contributed by atoms with van der Waals surface area (Å²) in [6.45, 7) is 5.00. The summed E-state index contributed by atoms with van der Waals surface area (Å²) in [5, 5.41) is 0. The van der Waals surface area contributed by atoms with Gasteiger partial charge in [-0.3, -0.25) is 4.21 Å². The first-order valence-electron chi connectivity index (χ1n) is 4.98. The van der Waals surface area contributed by atoms with Crippen LogP contribution in [0, 0.1) is 6.92 Å². The van der Waals surface area contributed by atoms with E-state index >= 15 is 0 Å². The summed E-state index contributed by atoms with van der Waals surface area (Å²) < 4.78 is 17.0. The molecule has 0 saturated heterocycles. The third-order valence-corrected chi connectivity index (χ3v) is 3.66. The van der Waals surface area contributed by atoms with Crippen LogP contribution in [0.4, 0.5) is 5.69 Å². The molecule has 0 aliphatic rings. The monoisotopic (exact) mass is 227 g/mol. The molecule has 0 saturated carbocycles. The van der Waals surface area contributed by atoms with Crippen molar-refractivity contribution in [1.29, 1.82) is 0 Å². The largest absolute Gasteiger partial charge is 0.398 e. The van der Waals surface area contributed by atoms with Crippen LogP contribution in [0.3, 0.4) is 0 Å². The molecule has 0 aliphatic heterocycles. The molecule has 3 nitrogen and oxygen atoms in total. The molecular weight excluding hydrogens is 210 g/mol. The van der Waals surface area contributed by atoms with Crippen LogP contribution in [0.25, 0.3) is 0 Å². The zero-order valence-corrected chi connectivity index (χ0v) is 9.97. The fraction of sp³-hybridized carbons (Fsp3) is 0.455. The van der Waals surface area contributed by atoms with Gasteiger partial charge in [0.2, 0.25) is 0 Å². The van der Waals surface area contributed by atoms with E-state index in [4.69, 9.17) is 10.5 Å². The fourth-order valence-corrected chi connectivity index (χ4v) is 2.45. The highest BCUT2D eigenvalue weighted by Crippen LogP contribution is 2.18. The molecule has 0 bridgehead atoms. The summed E-state index contributed by atoms with van der Waals surface area (Å²) in [7, 11) is -1.01. The van der Waals surface area contributed by atoms with E-state index in [1.54, 1.807) is 0 Å². The summed E-state index contributed by atoms with van der Waals surface area (Å²) in [6.07, 6.45) is 0. The van der Waals surface area contributed by atoms with Crippen molar-refractivity contribution in [2.75, 3.05) is 24.7 Å². The summed E-state index contributed by atoms with van der Waals surface area (Å²) >= 11 is 0. The van der Waals surface area contributed by atoms with Gasteiger partial charge < -0.3 is 10.5 Å². The summed E-state index contributed by atoms with van der Waals surface area (Å²) in [5.74, 6) is 0.526. The van der Waals surface area contributed by atoms with Crippen LogP contribution in [-0.2, 0) is 15.5 Å². The van der Waals surface area contributed by atoms with E-state index in [-0.39, 0.29) is 0 Å². The minimum absolute atomic E-state index is 0.525. The van der Waals surface area contributed by atoms with E-state index in [0.717, 1.165) is 10.5 Å². The molecule has 1 rings (SSSR count). The number of hydrogen-bond acceptors (Lipinski definition) is 3. The van der Waals surface area contributed by atoms with Gasteiger partial charge in [0, 0.05) is 17.2 Å². The molecule has 15 heavy (non-hydrogen) atoms. The van der Waals surface area contributed by atoms with Gasteiger partial charge in [0.25, 0.3) is 0 Å². The van der Waals surface area contributed by atoms with E-state index in [1.807, 2.05) is 32.0 Å². The Morgan fingerprint density at radius 1 is 1.47 bits per heavy atom. The zero-order valence-electron chi connectivity index (χ0n) is 9.16. The molecule has 1 atom stereocenters. The first kappa shape index (κ1) is 12.2. The van der Waals surface area contributed by atoms with Crippen LogP contribution < -0.4 is 5.73 Å². The van der Waals surface area contributed by atoms with Gasteiger partial charge in [-0.05, 0) is 31.5 Å². The quantitative estimate of drug-likeness (QED) is 0.615. The van der Waals surface area contributed by atoms with Crippen LogP contribution in [-0.4, -0.2) is 23.2 Å². The number of anilines is 1. The lowest BCUT2D eigenvalue weighted by Crippen LogP contribution is -2.08. The van der Waals surface area contributed by atoms with E-state index in [0.29, 0.717) is 24.7 Å². The maximum absolute atomic E-state index is 11.9. The second-order valence-electron chi connectivity index (χ2n) is 3.22. The van der Waals surface area contributed by atoms with Crippen molar-refractivity contribution in [3.8, 4) is 0 Å². The molecule has 84 valence electrons. The van der Waals surface area contributed by atoms with Gasteiger partial charge in [-0.15, -0.1) is 0 Å². The van der Waals surface area contributed by atoms with E-state index in [9.17, 15) is 4.21 Å². The Kier molecular flexibility index (Phi) is 4.78. The van der Waals surface area contributed by atoms with Crippen LogP contribution in [0.1, 0.15) is 12.5 Å². The van der Waals surface area contributed by atoms with E-state index in [2.05, 4.69) is 0 Å². The van der Waals surface area contributed by atoms with Gasteiger partial charge in [0.05, 0.1) is 23.2 Å². The average molecular weight is 227 g/mol. The van der Waals surface area contributed by atoms with Gasteiger partial charge >= 0.3 is 0 Å². The van der Waals surface area contributed by atoms with Crippen molar-refractivity contribution in [1.82, 2.24) is 0 Å². The van der Waals surface area contributed by atoms with Crippen molar-refractivity contribution >= 4 is 16.5 Å². The average Bonchev–Trinajstić information content (AvgIpc) is 2.22. The van der Waals surface area contributed by atoms with Gasteiger partial charge in [0.15, 0.2) is 0 Å². The summed E-state index contributed by atoms with van der Waals surface area (Å²) in [6, 6.07) is 5.50. The van der Waals surface area contributed by atoms with Gasteiger partial charge in [-0.1, -0.05) is 6.07 Å². The van der Waals surface area contributed by atoms with Gasteiger partial charge in [-0.25, -0.2) is 0 Å². The second kappa shape index (κ2) is 5.88. The van der Waals surface area contributed by atoms with Gasteiger partial charge in [-0.2, -0.15) is 0 Å². The lowest BCUT2D eigenvalue weighted by Gasteiger charge is -2.07. The smallest absolute Gasteiger partial charge is 0.0585 e. The van der Waals surface area contributed by atoms with E-state index in [1.165, 1.54) is 0 Å². The number of nitrogens with two attached hydrogens (primary N) is 1. The third kappa shape index (κ3) is 3.32. The minimum atomic E-state index is -1.01. The zero-order chi connectivity index (χ0) is 11.3. The third-order valence-electron chi connectivity index (χ3n) is 2.19. The predicted octanol–water partition coefficient (Wildman–Crippen LogP) is 1.72. The summed E-state index contributed by atoms with van der Waals surface area (Å²) in [5.41, 5.74) is 7.35. The molecule has 1 aromatic carbocycles. The number of rotatable bonds is 5. The predicted molar refractivity (Wildman–Crippen MR) is 63.4 cm³/mol. The number of hydrogen-bond donors (Lipinski definition) is 1. The van der Waals surface area contributed by atoms with Crippen LogP contribution in [0.15, 0.2) is 23.1 Å². The molecule has 4 heteroatoms. The van der Waals surface area contributed by atoms with Crippen molar-refractivity contribution < 1.29 is 8.95 Å². The van der Waals surface area contributed by atoms with Crippen LogP contribution >= 0.6 is 0 Å². The Morgan fingerprint density at radius 2 is 2.20 bits per heavy atom.